The maximum atomic E-state index is 14.8. The fourth-order valence-corrected chi connectivity index (χ4v) is 2.81. The van der Waals surface area contributed by atoms with Crippen molar-refractivity contribution in [2.45, 2.75) is 24.6 Å². The molecule has 3 atom stereocenters. The number of fused-ring (bicyclic) bond motifs is 3. The molecule has 0 saturated carbocycles. The van der Waals surface area contributed by atoms with Gasteiger partial charge < -0.3 is 14.2 Å². The Kier molecular flexibility index (Phi) is 3.34. The lowest BCUT2D eigenvalue weighted by molar-refractivity contribution is -0.176. The first-order chi connectivity index (χ1) is 11.5. The Bertz CT molecular complexity index is 840. The molecule has 4 rings (SSSR count). The van der Waals surface area contributed by atoms with Gasteiger partial charge >= 0.3 is 12.0 Å². The molecule has 0 radical (unpaired) electrons. The van der Waals surface area contributed by atoms with Gasteiger partial charge in [0.15, 0.2) is 18.9 Å². The highest BCUT2D eigenvalue weighted by atomic mass is 19.2. The molecule has 8 heteroatoms. The number of esters is 1. The van der Waals surface area contributed by atoms with Crippen LogP contribution in [-0.2, 0) is 9.47 Å². The van der Waals surface area contributed by atoms with Crippen molar-refractivity contribution >= 4 is 5.97 Å². The molecule has 24 heavy (non-hydrogen) atoms. The van der Waals surface area contributed by atoms with Gasteiger partial charge in [-0.2, -0.15) is 4.98 Å². The Balaban J connectivity index is 1.44. The van der Waals surface area contributed by atoms with Crippen LogP contribution in [-0.4, -0.2) is 34.1 Å². The molecule has 1 aromatic carbocycles. The second-order valence-corrected chi connectivity index (χ2v) is 5.65. The van der Waals surface area contributed by atoms with Crippen LogP contribution in [0.5, 0.6) is 6.01 Å². The van der Waals surface area contributed by atoms with Crippen LogP contribution in [0.1, 0.15) is 23.0 Å². The van der Waals surface area contributed by atoms with E-state index in [-0.39, 0.29) is 12.4 Å². The van der Waals surface area contributed by atoms with E-state index in [1.54, 1.807) is 30.3 Å². The molecular formula is C16H13FN2O5. The smallest absolute Gasteiger partial charge is 0.338 e. The molecule has 1 fully saturated rings. The molecule has 0 aliphatic carbocycles. The average Bonchev–Trinajstić information content (AvgIpc) is 3.06. The summed E-state index contributed by atoms with van der Waals surface area (Å²) < 4.78 is 32.1. The van der Waals surface area contributed by atoms with Gasteiger partial charge in [-0.25, -0.2) is 9.18 Å². The first kappa shape index (κ1) is 14.8. The molecule has 3 unspecified atom stereocenters. The summed E-state index contributed by atoms with van der Waals surface area (Å²) in [5.74, 6) is -2.78. The maximum Gasteiger partial charge on any atom is 0.338 e. The zero-order chi connectivity index (χ0) is 16.7. The van der Waals surface area contributed by atoms with Crippen LogP contribution < -0.4 is 10.3 Å². The van der Waals surface area contributed by atoms with Crippen molar-refractivity contribution in [1.82, 2.24) is 9.55 Å². The van der Waals surface area contributed by atoms with Crippen molar-refractivity contribution in [3.8, 4) is 6.01 Å². The summed E-state index contributed by atoms with van der Waals surface area (Å²) in [6, 6.07) is 9.65. The van der Waals surface area contributed by atoms with Crippen LogP contribution in [0, 0.1) is 0 Å². The molecule has 2 aromatic rings. The lowest BCUT2D eigenvalue weighted by atomic mass is 10.2. The monoisotopic (exact) mass is 332 g/mol. The molecule has 124 valence electrons. The van der Waals surface area contributed by atoms with Gasteiger partial charge in [-0.3, -0.25) is 9.36 Å². The minimum Gasteiger partial charge on any atom is -0.456 e. The second-order valence-electron chi connectivity index (χ2n) is 5.65. The Morgan fingerprint density at radius 1 is 1.38 bits per heavy atom. The maximum absolute atomic E-state index is 14.8. The summed E-state index contributed by atoms with van der Waals surface area (Å²) in [5, 5.41) is 0. The lowest BCUT2D eigenvalue weighted by Crippen LogP contribution is -2.31. The summed E-state index contributed by atoms with van der Waals surface area (Å²) in [4.78, 5) is 26.8. The number of aromatic nitrogens is 2. The zero-order valence-corrected chi connectivity index (χ0v) is 12.4. The summed E-state index contributed by atoms with van der Waals surface area (Å²) in [7, 11) is 0. The van der Waals surface area contributed by atoms with Gasteiger partial charge in [0.25, 0.3) is 5.56 Å². The zero-order valence-electron chi connectivity index (χ0n) is 12.4. The van der Waals surface area contributed by atoms with Gasteiger partial charge in [-0.1, -0.05) is 18.2 Å². The predicted octanol–water partition coefficient (Wildman–Crippen LogP) is 1.45. The van der Waals surface area contributed by atoms with Crippen molar-refractivity contribution < 1.29 is 23.4 Å². The molecular weight excluding hydrogens is 319 g/mol. The van der Waals surface area contributed by atoms with Gasteiger partial charge in [0.05, 0.1) is 12.0 Å². The average molecular weight is 332 g/mol. The van der Waals surface area contributed by atoms with Crippen LogP contribution in [0.25, 0.3) is 0 Å². The third-order valence-electron chi connectivity index (χ3n) is 3.92. The van der Waals surface area contributed by atoms with Gasteiger partial charge in [0.1, 0.15) is 0 Å². The highest BCUT2D eigenvalue weighted by Gasteiger charge is 2.54. The van der Waals surface area contributed by atoms with Crippen LogP contribution >= 0.6 is 0 Å². The number of alkyl halides is 1. The minimum atomic E-state index is -2.15. The fraction of sp³-hybridized carbons (Fsp3) is 0.312. The van der Waals surface area contributed by atoms with E-state index < -0.39 is 36.3 Å². The number of ether oxygens (including phenoxy) is 3. The van der Waals surface area contributed by atoms with E-state index in [2.05, 4.69) is 4.98 Å². The second kappa shape index (κ2) is 5.41. The molecule has 0 amide bonds. The first-order valence-corrected chi connectivity index (χ1v) is 7.39. The van der Waals surface area contributed by atoms with E-state index in [4.69, 9.17) is 14.2 Å². The third-order valence-corrected chi connectivity index (χ3v) is 3.92. The van der Waals surface area contributed by atoms with Crippen LogP contribution in [0.2, 0.25) is 0 Å². The summed E-state index contributed by atoms with van der Waals surface area (Å²) in [6.45, 7) is -0.542. The third kappa shape index (κ3) is 2.54. The van der Waals surface area contributed by atoms with Crippen LogP contribution in [0.4, 0.5) is 4.39 Å². The lowest BCUT2D eigenvalue weighted by Gasteiger charge is -2.20. The van der Waals surface area contributed by atoms with Crippen LogP contribution in [0.3, 0.4) is 0 Å². The predicted molar refractivity (Wildman–Crippen MR) is 78.2 cm³/mol. The Morgan fingerprint density at radius 3 is 2.96 bits per heavy atom. The van der Waals surface area contributed by atoms with Crippen molar-refractivity contribution in [2.24, 2.45) is 0 Å². The molecule has 3 heterocycles. The van der Waals surface area contributed by atoms with Gasteiger partial charge in [-0.05, 0) is 12.1 Å². The molecule has 0 spiro atoms. The number of hydrogen-bond acceptors (Lipinski definition) is 6. The quantitative estimate of drug-likeness (QED) is 0.792. The topological polar surface area (TPSA) is 79.7 Å². The number of nitrogens with zero attached hydrogens (tertiary/aromatic N) is 2. The number of benzene rings is 1. The number of halogens is 1. The normalized spacial score (nSPS) is 27.2. The molecule has 7 nitrogen and oxygen atoms in total. The van der Waals surface area contributed by atoms with Crippen molar-refractivity contribution in [1.29, 1.82) is 0 Å². The van der Waals surface area contributed by atoms with E-state index in [9.17, 15) is 14.0 Å². The Labute approximate surface area is 135 Å². The summed E-state index contributed by atoms with van der Waals surface area (Å²) in [5.41, 5.74) is -0.105. The highest BCUT2D eigenvalue weighted by Crippen LogP contribution is 2.44. The first-order valence-electron chi connectivity index (χ1n) is 7.39. The Morgan fingerprint density at radius 2 is 2.17 bits per heavy atom. The number of carbonyl (C=O) groups is 1. The van der Waals surface area contributed by atoms with Crippen molar-refractivity contribution in [2.75, 3.05) is 6.61 Å². The molecule has 2 aliphatic heterocycles. The molecule has 1 aromatic heterocycles. The fourth-order valence-electron chi connectivity index (χ4n) is 2.81. The molecule has 1 saturated heterocycles. The summed E-state index contributed by atoms with van der Waals surface area (Å²) in [6.07, 6.45) is -0.0535. The minimum absolute atomic E-state index is 0.0980. The Hall–Kier alpha value is -2.74. The van der Waals surface area contributed by atoms with E-state index in [1.165, 1.54) is 16.8 Å². The van der Waals surface area contributed by atoms with E-state index in [1.807, 2.05) is 0 Å². The van der Waals surface area contributed by atoms with Gasteiger partial charge in [0, 0.05) is 12.3 Å². The largest absolute Gasteiger partial charge is 0.456 e. The standard InChI is InChI=1S/C16H13FN2O5/c17-16(9-22-14(21)10-4-2-1-3-5-10)8-11-13(24-16)19-7-6-12(20)18-15(19)23-11/h1-7,11,13H,8-9H2. The van der Waals surface area contributed by atoms with E-state index in [0.29, 0.717) is 5.56 Å². The SMILES string of the molecule is O=C(OCC1(F)CC2Oc3nc(=O)ccn3C2O1)c1ccccc1. The van der Waals surface area contributed by atoms with Gasteiger partial charge in [0.2, 0.25) is 5.85 Å². The number of rotatable bonds is 3. The van der Waals surface area contributed by atoms with Crippen LogP contribution in [0.15, 0.2) is 47.4 Å². The van der Waals surface area contributed by atoms with E-state index >= 15 is 0 Å². The highest BCUT2D eigenvalue weighted by molar-refractivity contribution is 5.89. The summed E-state index contributed by atoms with van der Waals surface area (Å²) >= 11 is 0. The van der Waals surface area contributed by atoms with E-state index in [0.717, 1.165) is 0 Å². The van der Waals surface area contributed by atoms with Crippen molar-refractivity contribution in [3.05, 3.63) is 58.5 Å². The number of carbonyl (C=O) groups excluding carboxylic acids is 1. The van der Waals surface area contributed by atoms with Gasteiger partial charge in [-0.15, -0.1) is 0 Å². The molecule has 2 aliphatic rings. The number of hydrogen-bond donors (Lipinski definition) is 0. The molecule has 0 bridgehead atoms. The van der Waals surface area contributed by atoms with Crippen molar-refractivity contribution in [3.63, 3.8) is 0 Å². The molecule has 0 N–H and O–H groups in total.